The minimum Gasteiger partial charge on any atom is -0.493 e. The van der Waals surface area contributed by atoms with Gasteiger partial charge in [0, 0.05) is 0 Å². The van der Waals surface area contributed by atoms with Gasteiger partial charge in [-0.05, 0) is 29.3 Å². The Morgan fingerprint density at radius 1 is 1.13 bits per heavy atom. The van der Waals surface area contributed by atoms with E-state index in [0.29, 0.717) is 18.1 Å². The quantitative estimate of drug-likeness (QED) is 0.657. The number of carbonyl (C=O) groups is 1. The summed E-state index contributed by atoms with van der Waals surface area (Å²) in [7, 11) is 2.84. The van der Waals surface area contributed by atoms with Crippen molar-refractivity contribution in [1.29, 1.82) is 0 Å². The summed E-state index contributed by atoms with van der Waals surface area (Å²) in [5.74, 6) is 1.22. The molecule has 0 aliphatic heterocycles. The molecule has 0 radical (unpaired) electrons. The van der Waals surface area contributed by atoms with Crippen molar-refractivity contribution in [2.45, 2.75) is 6.61 Å². The highest BCUT2D eigenvalue weighted by Crippen LogP contribution is 2.28. The van der Waals surface area contributed by atoms with Gasteiger partial charge in [-0.1, -0.05) is 30.3 Å². The summed E-state index contributed by atoms with van der Waals surface area (Å²) in [4.78, 5) is 10.9. The van der Waals surface area contributed by atoms with Gasteiger partial charge in [0.25, 0.3) is 0 Å². The molecule has 0 heterocycles. The molecule has 1 amide bonds. The van der Waals surface area contributed by atoms with Crippen LogP contribution in [-0.4, -0.2) is 26.5 Å². The van der Waals surface area contributed by atoms with Gasteiger partial charge in [0.05, 0.1) is 20.4 Å². The Balaban J connectivity index is 2.02. The number of hydrogen-bond acceptors (Lipinski definition) is 5. The molecule has 0 saturated carbocycles. The SMILES string of the molecule is COC(=O)N/N=C/c1ccc(OCc2ccccc2)c(OC)c1. The number of hydrazone groups is 1. The lowest BCUT2D eigenvalue weighted by molar-refractivity contribution is 0.171. The molecule has 23 heavy (non-hydrogen) atoms. The van der Waals surface area contributed by atoms with Crippen LogP contribution in [0.5, 0.6) is 11.5 Å². The zero-order valence-electron chi connectivity index (χ0n) is 13.0. The van der Waals surface area contributed by atoms with Crippen LogP contribution in [0.4, 0.5) is 4.79 Å². The summed E-state index contributed by atoms with van der Waals surface area (Å²) < 4.78 is 15.5. The lowest BCUT2D eigenvalue weighted by Crippen LogP contribution is -2.16. The molecule has 0 aliphatic carbocycles. The van der Waals surface area contributed by atoms with Crippen molar-refractivity contribution in [2.75, 3.05) is 14.2 Å². The zero-order chi connectivity index (χ0) is 16.5. The first-order chi connectivity index (χ1) is 11.2. The first-order valence-electron chi connectivity index (χ1n) is 6.94. The van der Waals surface area contributed by atoms with Crippen LogP contribution in [0.3, 0.4) is 0 Å². The highest BCUT2D eigenvalue weighted by molar-refractivity contribution is 5.82. The van der Waals surface area contributed by atoms with Gasteiger partial charge in [-0.25, -0.2) is 10.2 Å². The minimum absolute atomic E-state index is 0.453. The Morgan fingerprint density at radius 2 is 1.91 bits per heavy atom. The summed E-state index contributed by atoms with van der Waals surface area (Å²) in [6.45, 7) is 0.453. The van der Waals surface area contributed by atoms with Crippen molar-refractivity contribution in [3.8, 4) is 11.5 Å². The van der Waals surface area contributed by atoms with E-state index in [0.717, 1.165) is 11.1 Å². The van der Waals surface area contributed by atoms with Crippen LogP contribution in [0.1, 0.15) is 11.1 Å². The van der Waals surface area contributed by atoms with Gasteiger partial charge in [0.1, 0.15) is 6.61 Å². The molecule has 0 fully saturated rings. The predicted octanol–water partition coefficient (Wildman–Crippen LogP) is 2.96. The molecule has 2 aromatic carbocycles. The summed E-state index contributed by atoms with van der Waals surface area (Å²) in [6.07, 6.45) is 0.858. The molecular weight excluding hydrogens is 296 g/mol. The second-order valence-corrected chi connectivity index (χ2v) is 4.55. The smallest absolute Gasteiger partial charge is 0.427 e. The van der Waals surface area contributed by atoms with Crippen molar-refractivity contribution >= 4 is 12.3 Å². The third-order valence-corrected chi connectivity index (χ3v) is 2.98. The summed E-state index contributed by atoms with van der Waals surface area (Å²) >= 11 is 0. The molecule has 0 aliphatic rings. The maximum Gasteiger partial charge on any atom is 0.427 e. The molecule has 0 aromatic heterocycles. The Labute approximate surface area is 134 Å². The molecule has 0 saturated heterocycles. The highest BCUT2D eigenvalue weighted by atomic mass is 16.5. The van der Waals surface area contributed by atoms with Crippen LogP contribution in [-0.2, 0) is 11.3 Å². The monoisotopic (exact) mass is 314 g/mol. The molecule has 6 heteroatoms. The van der Waals surface area contributed by atoms with E-state index in [9.17, 15) is 4.79 Å². The maximum absolute atomic E-state index is 10.9. The molecule has 2 aromatic rings. The van der Waals surface area contributed by atoms with Gasteiger partial charge in [-0.2, -0.15) is 5.10 Å². The van der Waals surface area contributed by atoms with Crippen LogP contribution in [0, 0.1) is 0 Å². The number of nitrogens with one attached hydrogen (secondary N) is 1. The molecule has 2 rings (SSSR count). The Bertz CT molecular complexity index is 672. The largest absolute Gasteiger partial charge is 0.493 e. The predicted molar refractivity (Wildman–Crippen MR) is 86.9 cm³/mol. The van der Waals surface area contributed by atoms with E-state index in [-0.39, 0.29) is 0 Å². The second kappa shape index (κ2) is 8.43. The van der Waals surface area contributed by atoms with Crippen LogP contribution >= 0.6 is 0 Å². The number of carbonyl (C=O) groups excluding carboxylic acids is 1. The number of methoxy groups -OCH3 is 2. The number of ether oxygens (including phenoxy) is 3. The Morgan fingerprint density at radius 3 is 2.61 bits per heavy atom. The maximum atomic E-state index is 10.9. The van der Waals surface area contributed by atoms with Crippen LogP contribution in [0.15, 0.2) is 53.6 Å². The average Bonchev–Trinajstić information content (AvgIpc) is 2.61. The molecule has 6 nitrogen and oxygen atoms in total. The van der Waals surface area contributed by atoms with Crippen molar-refractivity contribution in [2.24, 2.45) is 5.10 Å². The summed E-state index contributed by atoms with van der Waals surface area (Å²) in [5, 5.41) is 3.77. The second-order valence-electron chi connectivity index (χ2n) is 4.55. The van der Waals surface area contributed by atoms with Gasteiger partial charge in [-0.15, -0.1) is 0 Å². The standard InChI is InChI=1S/C17H18N2O4/c1-21-16-10-14(11-18-19-17(20)22-2)8-9-15(16)23-12-13-6-4-3-5-7-13/h3-11H,12H2,1-2H3,(H,19,20)/b18-11+. The fourth-order valence-corrected chi connectivity index (χ4v) is 1.82. The summed E-state index contributed by atoms with van der Waals surface area (Å²) in [6, 6.07) is 15.2. The molecule has 1 N–H and O–H groups in total. The number of rotatable bonds is 6. The first-order valence-corrected chi connectivity index (χ1v) is 6.94. The van der Waals surface area contributed by atoms with Crippen LogP contribution in [0.2, 0.25) is 0 Å². The van der Waals surface area contributed by atoms with Gasteiger partial charge in [-0.3, -0.25) is 0 Å². The van der Waals surface area contributed by atoms with Gasteiger partial charge in [0.15, 0.2) is 11.5 Å². The molecule has 120 valence electrons. The van der Waals surface area contributed by atoms with E-state index in [2.05, 4.69) is 15.3 Å². The average molecular weight is 314 g/mol. The Hall–Kier alpha value is -3.02. The number of hydrogen-bond donors (Lipinski definition) is 1. The van der Waals surface area contributed by atoms with E-state index < -0.39 is 6.09 Å². The topological polar surface area (TPSA) is 69.2 Å². The van der Waals surface area contributed by atoms with Crippen molar-refractivity contribution in [3.63, 3.8) is 0 Å². The first kappa shape index (κ1) is 16.4. The Kier molecular flexibility index (Phi) is 5.99. The molecule has 0 unspecified atom stereocenters. The van der Waals surface area contributed by atoms with E-state index in [4.69, 9.17) is 9.47 Å². The van der Waals surface area contributed by atoms with E-state index >= 15 is 0 Å². The third-order valence-electron chi connectivity index (χ3n) is 2.98. The molecule has 0 spiro atoms. The lowest BCUT2D eigenvalue weighted by atomic mass is 10.2. The van der Waals surface area contributed by atoms with Crippen molar-refractivity contribution < 1.29 is 19.0 Å². The van der Waals surface area contributed by atoms with Gasteiger partial charge < -0.3 is 14.2 Å². The van der Waals surface area contributed by atoms with Gasteiger partial charge >= 0.3 is 6.09 Å². The zero-order valence-corrected chi connectivity index (χ0v) is 13.0. The minimum atomic E-state index is -0.629. The number of nitrogens with zero attached hydrogens (tertiary/aromatic N) is 1. The van der Waals surface area contributed by atoms with E-state index in [1.54, 1.807) is 19.2 Å². The fraction of sp³-hybridized carbons (Fsp3) is 0.176. The van der Waals surface area contributed by atoms with Crippen molar-refractivity contribution in [3.05, 3.63) is 59.7 Å². The summed E-state index contributed by atoms with van der Waals surface area (Å²) in [5.41, 5.74) is 4.04. The van der Waals surface area contributed by atoms with E-state index in [1.807, 2.05) is 36.4 Å². The normalized spacial score (nSPS) is 10.3. The fourth-order valence-electron chi connectivity index (χ4n) is 1.82. The van der Waals surface area contributed by atoms with Gasteiger partial charge in [0.2, 0.25) is 0 Å². The lowest BCUT2D eigenvalue weighted by Gasteiger charge is -2.11. The van der Waals surface area contributed by atoms with Crippen LogP contribution < -0.4 is 14.9 Å². The number of benzene rings is 2. The number of amides is 1. The third kappa shape index (κ3) is 5.03. The van der Waals surface area contributed by atoms with Crippen molar-refractivity contribution in [1.82, 2.24) is 5.43 Å². The van der Waals surface area contributed by atoms with Crippen LogP contribution in [0.25, 0.3) is 0 Å². The molecule has 0 atom stereocenters. The molecular formula is C17H18N2O4. The van der Waals surface area contributed by atoms with E-state index in [1.165, 1.54) is 13.3 Å². The molecule has 0 bridgehead atoms. The highest BCUT2D eigenvalue weighted by Gasteiger charge is 2.05.